The summed E-state index contributed by atoms with van der Waals surface area (Å²) in [5.41, 5.74) is 3.38. The molecular formula is C22H28N2O3S. The molecule has 0 heterocycles. The minimum atomic E-state index is -0.377. The van der Waals surface area contributed by atoms with Gasteiger partial charge in [0.25, 0.3) is 0 Å². The zero-order chi connectivity index (χ0) is 20.7. The highest BCUT2D eigenvalue weighted by Crippen LogP contribution is 2.24. The van der Waals surface area contributed by atoms with E-state index in [1.54, 1.807) is 19.2 Å². The maximum atomic E-state index is 11.8. The Balaban J connectivity index is 2.16. The van der Waals surface area contributed by atoms with Gasteiger partial charge in [-0.25, -0.2) is 4.79 Å². The summed E-state index contributed by atoms with van der Waals surface area (Å²) in [6.45, 7) is 6.32. The molecule has 0 radical (unpaired) electrons. The standard InChI is InChI=1S/C22H28N2O3S/c1-14(2)12-20(16-8-10-18(26-4)11-9-16)24-22(28)23-19-13-17(21(25)27-5)7-6-15(19)3/h6-11,13-14,20H,12H2,1-5H3,(H2,23,24,28)/t20-/m1/s1. The Morgan fingerprint density at radius 2 is 1.79 bits per heavy atom. The van der Waals surface area contributed by atoms with Gasteiger partial charge in [0.05, 0.1) is 25.8 Å². The lowest BCUT2D eigenvalue weighted by molar-refractivity contribution is 0.0601. The van der Waals surface area contributed by atoms with Crippen molar-refractivity contribution >= 4 is 29.0 Å². The van der Waals surface area contributed by atoms with Crippen LogP contribution >= 0.6 is 12.2 Å². The number of carbonyl (C=O) groups excluding carboxylic acids is 1. The number of ether oxygens (including phenoxy) is 2. The third-order valence-corrected chi connectivity index (χ3v) is 4.66. The van der Waals surface area contributed by atoms with Crippen LogP contribution < -0.4 is 15.4 Å². The molecule has 0 aliphatic heterocycles. The van der Waals surface area contributed by atoms with Crippen LogP contribution in [0.15, 0.2) is 42.5 Å². The molecule has 0 unspecified atom stereocenters. The van der Waals surface area contributed by atoms with Crippen LogP contribution in [0.25, 0.3) is 0 Å². The third kappa shape index (κ3) is 5.96. The molecule has 2 N–H and O–H groups in total. The largest absolute Gasteiger partial charge is 0.497 e. The average Bonchev–Trinajstić information content (AvgIpc) is 2.68. The van der Waals surface area contributed by atoms with Gasteiger partial charge >= 0.3 is 5.97 Å². The smallest absolute Gasteiger partial charge is 0.337 e. The van der Waals surface area contributed by atoms with Gasteiger partial charge in [-0.2, -0.15) is 0 Å². The Labute approximate surface area is 172 Å². The number of aryl methyl sites for hydroxylation is 1. The van der Waals surface area contributed by atoms with E-state index in [-0.39, 0.29) is 12.0 Å². The number of methoxy groups -OCH3 is 2. The second-order valence-corrected chi connectivity index (χ2v) is 7.48. The van der Waals surface area contributed by atoms with Crippen molar-refractivity contribution in [2.24, 2.45) is 5.92 Å². The molecule has 28 heavy (non-hydrogen) atoms. The molecule has 6 heteroatoms. The zero-order valence-corrected chi connectivity index (χ0v) is 17.9. The summed E-state index contributed by atoms with van der Waals surface area (Å²) in [5, 5.41) is 7.12. The van der Waals surface area contributed by atoms with E-state index in [1.807, 2.05) is 37.3 Å². The summed E-state index contributed by atoms with van der Waals surface area (Å²) in [6, 6.07) is 13.4. The first kappa shape index (κ1) is 21.7. The van der Waals surface area contributed by atoms with Gasteiger partial charge in [0.15, 0.2) is 5.11 Å². The Hall–Kier alpha value is -2.60. The highest BCUT2D eigenvalue weighted by molar-refractivity contribution is 7.80. The van der Waals surface area contributed by atoms with E-state index in [0.29, 0.717) is 16.6 Å². The van der Waals surface area contributed by atoms with Crippen LogP contribution in [0.5, 0.6) is 5.75 Å². The molecule has 0 spiro atoms. The molecular weight excluding hydrogens is 372 g/mol. The molecule has 2 aromatic carbocycles. The van der Waals surface area contributed by atoms with Crippen LogP contribution in [0.4, 0.5) is 5.69 Å². The lowest BCUT2D eigenvalue weighted by Crippen LogP contribution is -2.33. The zero-order valence-electron chi connectivity index (χ0n) is 17.0. The molecule has 0 aliphatic carbocycles. The minimum Gasteiger partial charge on any atom is -0.497 e. The van der Waals surface area contributed by atoms with E-state index in [0.717, 1.165) is 29.0 Å². The van der Waals surface area contributed by atoms with Crippen molar-refractivity contribution in [2.75, 3.05) is 19.5 Å². The number of anilines is 1. The summed E-state index contributed by atoms with van der Waals surface area (Å²) in [7, 11) is 3.02. The summed E-state index contributed by atoms with van der Waals surface area (Å²) in [4.78, 5) is 11.8. The number of nitrogens with one attached hydrogen (secondary N) is 2. The van der Waals surface area contributed by atoms with Crippen molar-refractivity contribution in [1.29, 1.82) is 0 Å². The van der Waals surface area contributed by atoms with Gasteiger partial charge in [0, 0.05) is 5.69 Å². The van der Waals surface area contributed by atoms with E-state index < -0.39 is 0 Å². The van der Waals surface area contributed by atoms with Crippen molar-refractivity contribution in [3.05, 3.63) is 59.2 Å². The normalized spacial score (nSPS) is 11.6. The lowest BCUT2D eigenvalue weighted by Gasteiger charge is -2.24. The first-order valence-electron chi connectivity index (χ1n) is 9.24. The second-order valence-electron chi connectivity index (χ2n) is 7.08. The number of benzene rings is 2. The second kappa shape index (κ2) is 10.1. The van der Waals surface area contributed by atoms with Crippen LogP contribution in [0.3, 0.4) is 0 Å². The molecule has 2 aromatic rings. The predicted molar refractivity (Wildman–Crippen MR) is 117 cm³/mol. The summed E-state index contributed by atoms with van der Waals surface area (Å²) in [6.07, 6.45) is 0.926. The molecule has 1 atom stereocenters. The van der Waals surface area contributed by atoms with Crippen LogP contribution in [-0.2, 0) is 4.74 Å². The van der Waals surface area contributed by atoms with Crippen molar-refractivity contribution in [2.45, 2.75) is 33.2 Å². The van der Waals surface area contributed by atoms with Crippen molar-refractivity contribution in [3.8, 4) is 5.75 Å². The van der Waals surface area contributed by atoms with Crippen LogP contribution in [0.1, 0.15) is 47.8 Å². The predicted octanol–water partition coefficient (Wildman–Crippen LogP) is 4.86. The molecule has 0 aromatic heterocycles. The Kier molecular flexibility index (Phi) is 7.81. The first-order valence-corrected chi connectivity index (χ1v) is 9.65. The van der Waals surface area contributed by atoms with Crippen LogP contribution in [0.2, 0.25) is 0 Å². The van der Waals surface area contributed by atoms with Gasteiger partial charge in [0.2, 0.25) is 0 Å². The summed E-state index contributed by atoms with van der Waals surface area (Å²) >= 11 is 5.55. The van der Waals surface area contributed by atoms with E-state index in [4.69, 9.17) is 21.7 Å². The molecule has 0 amide bonds. The number of carbonyl (C=O) groups is 1. The highest BCUT2D eigenvalue weighted by Gasteiger charge is 2.16. The van der Waals surface area contributed by atoms with Crippen LogP contribution in [-0.4, -0.2) is 25.3 Å². The molecule has 0 saturated carbocycles. The van der Waals surface area contributed by atoms with E-state index in [1.165, 1.54) is 7.11 Å². The van der Waals surface area contributed by atoms with Crippen molar-refractivity contribution in [3.63, 3.8) is 0 Å². The average molecular weight is 401 g/mol. The summed E-state index contributed by atoms with van der Waals surface area (Å²) < 4.78 is 10.0. The molecule has 5 nitrogen and oxygen atoms in total. The monoisotopic (exact) mass is 400 g/mol. The lowest BCUT2D eigenvalue weighted by atomic mass is 9.97. The molecule has 0 aliphatic rings. The Morgan fingerprint density at radius 1 is 1.11 bits per heavy atom. The number of hydrogen-bond donors (Lipinski definition) is 2. The van der Waals surface area contributed by atoms with Crippen molar-refractivity contribution in [1.82, 2.24) is 5.32 Å². The summed E-state index contributed by atoms with van der Waals surface area (Å²) in [5.74, 6) is 0.938. The number of thiocarbonyl (C=S) groups is 1. The Bertz CT molecular complexity index is 819. The molecule has 2 rings (SSSR count). The molecule has 150 valence electrons. The number of hydrogen-bond acceptors (Lipinski definition) is 4. The fourth-order valence-corrected chi connectivity index (χ4v) is 3.16. The van der Waals surface area contributed by atoms with Crippen LogP contribution in [0, 0.1) is 12.8 Å². The molecule has 0 saturated heterocycles. The van der Waals surface area contributed by atoms with Crippen molar-refractivity contribution < 1.29 is 14.3 Å². The first-order chi connectivity index (χ1) is 13.3. The van der Waals surface area contributed by atoms with E-state index in [9.17, 15) is 4.79 Å². The van der Waals surface area contributed by atoms with Gasteiger partial charge in [-0.3, -0.25) is 0 Å². The Morgan fingerprint density at radius 3 is 2.36 bits per heavy atom. The topological polar surface area (TPSA) is 59.6 Å². The van der Waals surface area contributed by atoms with Gasteiger partial charge in [-0.1, -0.05) is 32.0 Å². The SMILES string of the molecule is COC(=O)c1ccc(C)c(NC(=S)N[C@H](CC(C)C)c2ccc(OC)cc2)c1. The van der Waals surface area contributed by atoms with Gasteiger partial charge in [-0.05, 0) is 66.9 Å². The maximum Gasteiger partial charge on any atom is 0.337 e. The number of esters is 1. The minimum absolute atomic E-state index is 0.0648. The third-order valence-electron chi connectivity index (χ3n) is 4.44. The van der Waals surface area contributed by atoms with Gasteiger partial charge in [0.1, 0.15) is 5.75 Å². The number of rotatable bonds is 7. The quantitative estimate of drug-likeness (QED) is 0.511. The molecule has 0 fully saturated rings. The fraction of sp³-hybridized carbons (Fsp3) is 0.364. The fourth-order valence-electron chi connectivity index (χ4n) is 2.90. The van der Waals surface area contributed by atoms with E-state index >= 15 is 0 Å². The van der Waals surface area contributed by atoms with Gasteiger partial charge in [-0.15, -0.1) is 0 Å². The maximum absolute atomic E-state index is 11.8. The highest BCUT2D eigenvalue weighted by atomic mass is 32.1. The molecule has 0 bridgehead atoms. The van der Waals surface area contributed by atoms with Gasteiger partial charge < -0.3 is 20.1 Å². The van der Waals surface area contributed by atoms with E-state index in [2.05, 4.69) is 24.5 Å².